The van der Waals surface area contributed by atoms with Crippen LogP contribution in [0.4, 0.5) is 10.5 Å². The lowest BCUT2D eigenvalue weighted by atomic mass is 10.1. The van der Waals surface area contributed by atoms with Gasteiger partial charge in [-0.3, -0.25) is 9.69 Å². The highest BCUT2D eigenvalue weighted by molar-refractivity contribution is 5.95. The first-order valence-electron chi connectivity index (χ1n) is 10.8. The van der Waals surface area contributed by atoms with Crippen molar-refractivity contribution >= 4 is 17.7 Å². The predicted octanol–water partition coefficient (Wildman–Crippen LogP) is 3.42. The fourth-order valence-electron chi connectivity index (χ4n) is 4.14. The maximum Gasteiger partial charge on any atom is 0.414 e. The normalized spacial score (nSPS) is 17.7. The van der Waals surface area contributed by atoms with Crippen LogP contribution in [0.25, 0.3) is 0 Å². The lowest BCUT2D eigenvalue weighted by molar-refractivity contribution is 0.0761. The summed E-state index contributed by atoms with van der Waals surface area (Å²) in [7, 11) is 0. The van der Waals surface area contributed by atoms with Crippen molar-refractivity contribution in [2.45, 2.75) is 19.3 Å². The molecule has 0 aromatic heterocycles. The minimum atomic E-state index is -0.325. The van der Waals surface area contributed by atoms with Gasteiger partial charge in [0, 0.05) is 30.9 Å². The van der Waals surface area contributed by atoms with Crippen molar-refractivity contribution in [3.8, 4) is 0 Å². The monoisotopic (exact) mass is 407 g/mol. The number of nitrogens with zero attached hydrogens (tertiary/aromatic N) is 3. The molecule has 2 fully saturated rings. The number of anilines is 1. The van der Waals surface area contributed by atoms with Gasteiger partial charge in [0.05, 0.1) is 6.54 Å². The van der Waals surface area contributed by atoms with Crippen molar-refractivity contribution in [3.05, 3.63) is 65.7 Å². The van der Waals surface area contributed by atoms with Crippen LogP contribution in [0.1, 0.15) is 28.8 Å². The van der Waals surface area contributed by atoms with Gasteiger partial charge < -0.3 is 14.5 Å². The Hall–Kier alpha value is -2.86. The molecule has 0 bridgehead atoms. The zero-order chi connectivity index (χ0) is 20.8. The van der Waals surface area contributed by atoms with Gasteiger partial charge in [0.25, 0.3) is 5.91 Å². The van der Waals surface area contributed by atoms with Crippen molar-refractivity contribution < 1.29 is 14.3 Å². The molecule has 2 amide bonds. The third-order valence-corrected chi connectivity index (χ3v) is 5.85. The van der Waals surface area contributed by atoms with Crippen LogP contribution in [0.5, 0.6) is 0 Å². The van der Waals surface area contributed by atoms with Crippen molar-refractivity contribution in [2.24, 2.45) is 0 Å². The number of ether oxygens (including phenoxy) is 1. The van der Waals surface area contributed by atoms with Gasteiger partial charge >= 0.3 is 6.09 Å². The van der Waals surface area contributed by atoms with E-state index in [2.05, 4.69) is 35.2 Å². The molecule has 2 heterocycles. The van der Waals surface area contributed by atoms with Crippen LogP contribution in [-0.2, 0) is 11.2 Å². The zero-order valence-electron chi connectivity index (χ0n) is 17.3. The quantitative estimate of drug-likeness (QED) is 0.736. The summed E-state index contributed by atoms with van der Waals surface area (Å²) in [4.78, 5) is 30.7. The van der Waals surface area contributed by atoms with Crippen LogP contribution in [-0.4, -0.2) is 67.7 Å². The molecular weight excluding hydrogens is 378 g/mol. The first kappa shape index (κ1) is 20.4. The highest BCUT2D eigenvalue weighted by Gasteiger charge is 2.24. The Morgan fingerprint density at radius 3 is 2.43 bits per heavy atom. The number of rotatable bonds is 6. The molecule has 0 spiro atoms. The number of carbonyl (C=O) groups is 2. The van der Waals surface area contributed by atoms with Crippen LogP contribution < -0.4 is 4.90 Å². The Kier molecular flexibility index (Phi) is 6.64. The fraction of sp³-hybridized carbons (Fsp3) is 0.417. The third-order valence-electron chi connectivity index (χ3n) is 5.85. The molecule has 6 nitrogen and oxygen atoms in total. The highest BCUT2D eigenvalue weighted by Crippen LogP contribution is 2.20. The third kappa shape index (κ3) is 5.00. The van der Waals surface area contributed by atoms with Crippen molar-refractivity contribution in [1.29, 1.82) is 0 Å². The number of amides is 2. The summed E-state index contributed by atoms with van der Waals surface area (Å²) in [5.41, 5.74) is 2.83. The lowest BCUT2D eigenvalue weighted by Gasteiger charge is -2.22. The van der Waals surface area contributed by atoms with Gasteiger partial charge in [-0.15, -0.1) is 0 Å². The van der Waals surface area contributed by atoms with Crippen molar-refractivity contribution in [1.82, 2.24) is 9.80 Å². The van der Waals surface area contributed by atoms with Crippen LogP contribution >= 0.6 is 0 Å². The Balaban J connectivity index is 1.27. The van der Waals surface area contributed by atoms with Gasteiger partial charge in [-0.2, -0.15) is 0 Å². The molecule has 158 valence electrons. The molecule has 2 aliphatic heterocycles. The van der Waals surface area contributed by atoms with Crippen LogP contribution in [0.3, 0.4) is 0 Å². The lowest BCUT2D eigenvalue weighted by Crippen LogP contribution is -2.35. The van der Waals surface area contributed by atoms with E-state index in [0.717, 1.165) is 57.7 Å². The van der Waals surface area contributed by atoms with E-state index in [1.165, 1.54) is 5.56 Å². The van der Waals surface area contributed by atoms with E-state index in [1.54, 1.807) is 4.90 Å². The number of hydrogen-bond acceptors (Lipinski definition) is 4. The molecule has 0 N–H and O–H groups in total. The minimum Gasteiger partial charge on any atom is -0.447 e. The summed E-state index contributed by atoms with van der Waals surface area (Å²) in [5, 5.41) is 0. The molecule has 0 unspecified atom stereocenters. The number of carbonyl (C=O) groups excluding carboxylic acids is 2. The van der Waals surface area contributed by atoms with E-state index >= 15 is 0 Å². The van der Waals surface area contributed by atoms with Gasteiger partial charge in [-0.25, -0.2) is 4.79 Å². The van der Waals surface area contributed by atoms with E-state index in [0.29, 0.717) is 18.7 Å². The number of cyclic esters (lactones) is 1. The molecule has 2 saturated heterocycles. The number of hydrogen-bond donors (Lipinski definition) is 0. The first-order valence-corrected chi connectivity index (χ1v) is 10.8. The summed E-state index contributed by atoms with van der Waals surface area (Å²) in [6.07, 6.45) is 2.90. The smallest absolute Gasteiger partial charge is 0.414 e. The van der Waals surface area contributed by atoms with Crippen LogP contribution in [0.2, 0.25) is 0 Å². The van der Waals surface area contributed by atoms with E-state index in [4.69, 9.17) is 4.74 Å². The van der Waals surface area contributed by atoms with Crippen LogP contribution in [0, 0.1) is 0 Å². The summed E-state index contributed by atoms with van der Waals surface area (Å²) < 4.78 is 4.98. The molecule has 6 heteroatoms. The minimum absolute atomic E-state index is 0.0664. The maximum atomic E-state index is 13.0. The summed E-state index contributed by atoms with van der Waals surface area (Å²) in [6.45, 7) is 5.52. The highest BCUT2D eigenvalue weighted by atomic mass is 16.6. The van der Waals surface area contributed by atoms with Gasteiger partial charge in [-0.1, -0.05) is 30.3 Å². The Bertz CT molecular complexity index is 854. The van der Waals surface area contributed by atoms with Gasteiger partial charge in [0.15, 0.2) is 0 Å². The second kappa shape index (κ2) is 9.76. The predicted molar refractivity (Wildman–Crippen MR) is 117 cm³/mol. The van der Waals surface area contributed by atoms with Gasteiger partial charge in [-0.05, 0) is 62.2 Å². The standard InChI is InChI=1S/C24H29N3O3/c28-23(21-9-11-22(12-10-21)27-18-19-30-24(27)29)26-15-5-14-25(16-17-26)13-4-8-20-6-2-1-3-7-20/h1-3,6-7,9-12H,4-5,8,13-19H2. The molecule has 30 heavy (non-hydrogen) atoms. The van der Waals surface area contributed by atoms with Crippen molar-refractivity contribution in [2.75, 3.05) is 50.8 Å². The van der Waals surface area contributed by atoms with E-state index in [1.807, 2.05) is 29.2 Å². The van der Waals surface area contributed by atoms with Crippen LogP contribution in [0.15, 0.2) is 54.6 Å². The molecule has 0 aliphatic carbocycles. The zero-order valence-corrected chi connectivity index (χ0v) is 17.3. The largest absolute Gasteiger partial charge is 0.447 e. The first-order chi connectivity index (χ1) is 14.7. The summed E-state index contributed by atoms with van der Waals surface area (Å²) in [5.74, 6) is 0.0664. The average molecular weight is 408 g/mol. The average Bonchev–Trinajstić information content (AvgIpc) is 3.07. The molecule has 0 atom stereocenters. The second-order valence-electron chi connectivity index (χ2n) is 7.89. The molecule has 2 aromatic carbocycles. The number of benzene rings is 2. The Labute approximate surface area is 178 Å². The van der Waals surface area contributed by atoms with Gasteiger partial charge in [0.2, 0.25) is 0 Å². The molecular formula is C24H29N3O3. The molecule has 2 aromatic rings. The Morgan fingerprint density at radius 1 is 0.900 bits per heavy atom. The van der Waals surface area contributed by atoms with Gasteiger partial charge in [0.1, 0.15) is 6.61 Å². The fourth-order valence-corrected chi connectivity index (χ4v) is 4.14. The number of aryl methyl sites for hydroxylation is 1. The van der Waals surface area contributed by atoms with E-state index in [-0.39, 0.29) is 12.0 Å². The SMILES string of the molecule is O=C(c1ccc(N2CCOC2=O)cc1)N1CCCN(CCCc2ccccc2)CC1. The summed E-state index contributed by atoms with van der Waals surface area (Å²) >= 11 is 0. The topological polar surface area (TPSA) is 53.1 Å². The molecule has 4 rings (SSSR count). The van der Waals surface area contributed by atoms with Crippen molar-refractivity contribution in [3.63, 3.8) is 0 Å². The van der Waals surface area contributed by atoms with E-state index in [9.17, 15) is 9.59 Å². The molecule has 0 radical (unpaired) electrons. The molecule has 2 aliphatic rings. The summed E-state index contributed by atoms with van der Waals surface area (Å²) in [6, 6.07) is 17.9. The van der Waals surface area contributed by atoms with E-state index < -0.39 is 0 Å². The maximum absolute atomic E-state index is 13.0. The molecule has 0 saturated carbocycles. The second-order valence-corrected chi connectivity index (χ2v) is 7.89. The Morgan fingerprint density at radius 2 is 1.70 bits per heavy atom.